The molecule has 4 nitrogen and oxygen atoms in total. The summed E-state index contributed by atoms with van der Waals surface area (Å²) in [6.45, 7) is 0.977. The zero-order valence-corrected chi connectivity index (χ0v) is 18.9. The number of carbonyl (C=O) groups is 1. The van der Waals surface area contributed by atoms with Crippen molar-refractivity contribution in [1.82, 2.24) is 9.88 Å². The fraction of sp³-hybridized carbons (Fsp3) is 0.207. The number of nitrogens with one attached hydrogen (secondary N) is 1. The van der Waals surface area contributed by atoms with Gasteiger partial charge in [-0.05, 0) is 47.7 Å². The Labute approximate surface area is 198 Å². The SMILES string of the molecule is O=C(Cc1cn(Cc2ccc(F)cc2)c2ccccc12)C1=C(O)C(CCc2ccccc2)NC1. The number of benzene rings is 3. The lowest BCUT2D eigenvalue weighted by molar-refractivity contribution is -0.115. The molecule has 2 heterocycles. The smallest absolute Gasteiger partial charge is 0.168 e. The number of aryl methyl sites for hydroxylation is 1. The summed E-state index contributed by atoms with van der Waals surface area (Å²) in [5.74, 6) is -0.138. The quantitative estimate of drug-likeness (QED) is 0.377. The van der Waals surface area contributed by atoms with Crippen molar-refractivity contribution in [3.05, 3.63) is 119 Å². The van der Waals surface area contributed by atoms with Gasteiger partial charge in [-0.1, -0.05) is 60.7 Å². The van der Waals surface area contributed by atoms with E-state index in [1.54, 1.807) is 12.1 Å². The van der Waals surface area contributed by atoms with Gasteiger partial charge in [0.2, 0.25) is 0 Å². The van der Waals surface area contributed by atoms with Gasteiger partial charge in [0.25, 0.3) is 0 Å². The van der Waals surface area contributed by atoms with Crippen molar-refractivity contribution in [2.45, 2.75) is 31.8 Å². The number of fused-ring (bicyclic) bond motifs is 1. The van der Waals surface area contributed by atoms with Crippen molar-refractivity contribution in [2.75, 3.05) is 6.54 Å². The number of halogens is 1. The molecule has 4 aromatic rings. The van der Waals surface area contributed by atoms with Gasteiger partial charge >= 0.3 is 0 Å². The minimum absolute atomic E-state index is 0.0584. The molecule has 0 amide bonds. The Kier molecular flexibility index (Phi) is 6.28. The summed E-state index contributed by atoms with van der Waals surface area (Å²) >= 11 is 0. The lowest BCUT2D eigenvalue weighted by Crippen LogP contribution is -2.25. The van der Waals surface area contributed by atoms with Crippen LogP contribution in [0.5, 0.6) is 0 Å². The van der Waals surface area contributed by atoms with E-state index in [-0.39, 0.29) is 29.8 Å². The van der Waals surface area contributed by atoms with Gasteiger partial charge in [-0.25, -0.2) is 4.39 Å². The van der Waals surface area contributed by atoms with E-state index in [0.717, 1.165) is 34.9 Å². The molecule has 1 aliphatic heterocycles. The van der Waals surface area contributed by atoms with Crippen LogP contribution in [0.4, 0.5) is 4.39 Å². The summed E-state index contributed by atoms with van der Waals surface area (Å²) in [6.07, 6.45) is 3.80. The van der Waals surface area contributed by atoms with Crippen LogP contribution < -0.4 is 5.32 Å². The Morgan fingerprint density at radius 2 is 1.71 bits per heavy atom. The van der Waals surface area contributed by atoms with Crippen molar-refractivity contribution < 1.29 is 14.3 Å². The molecule has 0 radical (unpaired) electrons. The highest BCUT2D eigenvalue weighted by Crippen LogP contribution is 2.26. The maximum absolute atomic E-state index is 13.3. The summed E-state index contributed by atoms with van der Waals surface area (Å²) in [5.41, 5.74) is 4.63. The van der Waals surface area contributed by atoms with Crippen LogP contribution in [0.25, 0.3) is 10.9 Å². The predicted octanol–water partition coefficient (Wildman–Crippen LogP) is 5.36. The molecule has 1 aliphatic rings. The Morgan fingerprint density at radius 3 is 2.50 bits per heavy atom. The van der Waals surface area contributed by atoms with E-state index in [1.807, 2.05) is 48.7 Å². The van der Waals surface area contributed by atoms with E-state index in [1.165, 1.54) is 17.7 Å². The second-order valence-corrected chi connectivity index (χ2v) is 8.85. The first-order chi connectivity index (χ1) is 16.6. The van der Waals surface area contributed by atoms with E-state index in [2.05, 4.69) is 22.0 Å². The molecule has 172 valence electrons. The summed E-state index contributed by atoms with van der Waals surface area (Å²) in [4.78, 5) is 13.2. The zero-order valence-electron chi connectivity index (χ0n) is 18.9. The Bertz CT molecular complexity index is 1340. The maximum atomic E-state index is 13.3. The summed E-state index contributed by atoms with van der Waals surface area (Å²) in [6, 6.07) is 24.4. The van der Waals surface area contributed by atoms with E-state index in [9.17, 15) is 14.3 Å². The van der Waals surface area contributed by atoms with Crippen molar-refractivity contribution in [3.8, 4) is 0 Å². The predicted molar refractivity (Wildman–Crippen MR) is 132 cm³/mol. The molecule has 3 aromatic carbocycles. The molecule has 5 rings (SSSR count). The molecule has 1 aromatic heterocycles. The minimum Gasteiger partial charge on any atom is -0.510 e. The minimum atomic E-state index is -0.257. The molecule has 1 unspecified atom stereocenters. The summed E-state index contributed by atoms with van der Waals surface area (Å²) < 4.78 is 15.4. The third-order valence-corrected chi connectivity index (χ3v) is 6.55. The van der Waals surface area contributed by atoms with Gasteiger partial charge in [-0.2, -0.15) is 0 Å². The van der Waals surface area contributed by atoms with Gasteiger partial charge in [-0.3, -0.25) is 4.79 Å². The van der Waals surface area contributed by atoms with Crippen LogP contribution in [0.1, 0.15) is 23.1 Å². The molecule has 5 heteroatoms. The molecule has 0 bridgehead atoms. The van der Waals surface area contributed by atoms with Crippen LogP contribution in [-0.4, -0.2) is 28.0 Å². The van der Waals surface area contributed by atoms with Gasteiger partial charge < -0.3 is 15.0 Å². The van der Waals surface area contributed by atoms with Gasteiger partial charge in [0.15, 0.2) is 5.78 Å². The average Bonchev–Trinajstić information content (AvgIpc) is 3.40. The van der Waals surface area contributed by atoms with Crippen molar-refractivity contribution in [1.29, 1.82) is 0 Å². The van der Waals surface area contributed by atoms with E-state index in [0.29, 0.717) is 18.7 Å². The first kappa shape index (κ1) is 22.1. The molecule has 34 heavy (non-hydrogen) atoms. The molecular weight excluding hydrogens is 427 g/mol. The second-order valence-electron chi connectivity index (χ2n) is 8.85. The monoisotopic (exact) mass is 454 g/mol. The molecular formula is C29H27FN2O2. The number of para-hydroxylation sites is 1. The topological polar surface area (TPSA) is 54.3 Å². The number of aromatic nitrogens is 1. The fourth-order valence-electron chi connectivity index (χ4n) is 4.72. The van der Waals surface area contributed by atoms with Crippen LogP contribution in [0.2, 0.25) is 0 Å². The normalized spacial score (nSPS) is 15.9. The van der Waals surface area contributed by atoms with Crippen LogP contribution in [0.15, 0.2) is 96.4 Å². The summed E-state index contributed by atoms with van der Waals surface area (Å²) in [5, 5.41) is 15.1. The van der Waals surface area contributed by atoms with Crippen LogP contribution in [-0.2, 0) is 24.2 Å². The van der Waals surface area contributed by atoms with E-state index < -0.39 is 0 Å². The Morgan fingerprint density at radius 1 is 0.971 bits per heavy atom. The van der Waals surface area contributed by atoms with Crippen molar-refractivity contribution in [3.63, 3.8) is 0 Å². The lowest BCUT2D eigenvalue weighted by atomic mass is 10.00. The number of hydrogen-bond acceptors (Lipinski definition) is 3. The lowest BCUT2D eigenvalue weighted by Gasteiger charge is -2.11. The number of nitrogens with zero attached hydrogens (tertiary/aromatic N) is 1. The van der Waals surface area contributed by atoms with Gasteiger partial charge in [0, 0.05) is 42.2 Å². The third kappa shape index (κ3) is 4.66. The number of aliphatic hydroxyl groups is 1. The summed E-state index contributed by atoms with van der Waals surface area (Å²) in [7, 11) is 0. The molecule has 2 N–H and O–H groups in total. The Balaban J connectivity index is 1.33. The number of rotatable bonds is 8. The largest absolute Gasteiger partial charge is 0.510 e. The number of ketones is 1. The molecule has 0 saturated carbocycles. The second kappa shape index (κ2) is 9.65. The number of aliphatic hydroxyl groups excluding tert-OH is 1. The maximum Gasteiger partial charge on any atom is 0.168 e. The van der Waals surface area contributed by atoms with Crippen molar-refractivity contribution in [2.24, 2.45) is 0 Å². The standard InChI is InChI=1S/C29H27FN2O2/c30-23-13-10-21(11-14-23)18-32-19-22(24-8-4-5-9-27(24)32)16-28(33)25-17-31-26(29(25)34)15-12-20-6-2-1-3-7-20/h1-11,13-14,19,26,31,34H,12,15-18H2. The molecule has 0 spiro atoms. The first-order valence-electron chi connectivity index (χ1n) is 11.6. The van der Waals surface area contributed by atoms with E-state index >= 15 is 0 Å². The third-order valence-electron chi connectivity index (χ3n) is 6.55. The Hall–Kier alpha value is -3.70. The fourth-order valence-corrected chi connectivity index (χ4v) is 4.72. The van der Waals surface area contributed by atoms with E-state index in [4.69, 9.17) is 0 Å². The number of hydrogen-bond donors (Lipinski definition) is 2. The average molecular weight is 455 g/mol. The molecule has 0 saturated heterocycles. The van der Waals surface area contributed by atoms with Crippen LogP contribution >= 0.6 is 0 Å². The van der Waals surface area contributed by atoms with Gasteiger partial charge in [0.1, 0.15) is 11.6 Å². The zero-order chi connectivity index (χ0) is 23.5. The van der Waals surface area contributed by atoms with Crippen LogP contribution in [0, 0.1) is 5.82 Å². The highest BCUT2D eigenvalue weighted by molar-refractivity contribution is 6.00. The number of carbonyl (C=O) groups excluding carboxylic acids is 1. The van der Waals surface area contributed by atoms with Crippen molar-refractivity contribution >= 4 is 16.7 Å². The molecule has 0 aliphatic carbocycles. The van der Waals surface area contributed by atoms with Gasteiger partial charge in [0.05, 0.1) is 6.04 Å². The first-order valence-corrected chi connectivity index (χ1v) is 11.6. The van der Waals surface area contributed by atoms with Crippen LogP contribution in [0.3, 0.4) is 0 Å². The number of Topliss-reactive ketones (excluding diaryl/α,β-unsaturated/α-hetero) is 1. The molecule has 1 atom stereocenters. The molecule has 0 fully saturated rings. The van der Waals surface area contributed by atoms with Gasteiger partial charge in [-0.15, -0.1) is 0 Å². The highest BCUT2D eigenvalue weighted by Gasteiger charge is 2.29. The highest BCUT2D eigenvalue weighted by atomic mass is 19.1.